The van der Waals surface area contributed by atoms with Crippen LogP contribution in [-0.2, 0) is 0 Å². The largest absolute Gasteiger partial charge is 0.0850 e. The molecule has 0 bridgehead atoms. The molecule has 0 nitrogen and oxygen atoms in total. The van der Waals surface area contributed by atoms with Gasteiger partial charge in [0.15, 0.2) is 0 Å². The van der Waals surface area contributed by atoms with Gasteiger partial charge < -0.3 is 0 Å². The van der Waals surface area contributed by atoms with E-state index in [2.05, 4.69) is 32.9 Å². The summed E-state index contributed by atoms with van der Waals surface area (Å²) in [5, 5.41) is 0. The van der Waals surface area contributed by atoms with Gasteiger partial charge in [-0.25, -0.2) is 0 Å². The Morgan fingerprint density at radius 1 is 1.36 bits per heavy atom. The monoisotopic (exact) mass is 150 g/mol. The Hall–Kier alpha value is -0.520. The first kappa shape index (κ1) is 8.58. The fraction of sp³-hybridized carbons (Fsp3) is 0.636. The Kier molecular flexibility index (Phi) is 2.92. The predicted octanol–water partition coefficient (Wildman–Crippen LogP) is 3.70. The van der Waals surface area contributed by atoms with E-state index >= 15 is 0 Å². The van der Waals surface area contributed by atoms with Gasteiger partial charge in [0.05, 0.1) is 0 Å². The van der Waals surface area contributed by atoms with Crippen LogP contribution in [0.3, 0.4) is 0 Å². The minimum absolute atomic E-state index is 0.662. The van der Waals surface area contributed by atoms with E-state index in [4.69, 9.17) is 0 Å². The van der Waals surface area contributed by atoms with Gasteiger partial charge in [0, 0.05) is 0 Å². The average molecular weight is 150 g/mol. The van der Waals surface area contributed by atoms with Crippen LogP contribution in [-0.4, -0.2) is 0 Å². The van der Waals surface area contributed by atoms with Crippen LogP contribution in [0.15, 0.2) is 23.3 Å². The van der Waals surface area contributed by atoms with E-state index in [0.717, 1.165) is 0 Å². The third-order valence-electron chi connectivity index (χ3n) is 2.49. The molecule has 0 radical (unpaired) electrons. The summed E-state index contributed by atoms with van der Waals surface area (Å²) in [6.45, 7) is 6.76. The quantitative estimate of drug-likeness (QED) is 0.462. The maximum Gasteiger partial charge on any atom is -0.00519 e. The van der Waals surface area contributed by atoms with Crippen LogP contribution in [0.4, 0.5) is 0 Å². The molecular formula is C11H18. The van der Waals surface area contributed by atoms with Gasteiger partial charge in [0.1, 0.15) is 0 Å². The molecular weight excluding hydrogens is 132 g/mol. The van der Waals surface area contributed by atoms with Gasteiger partial charge in [-0.1, -0.05) is 30.2 Å². The zero-order valence-corrected chi connectivity index (χ0v) is 7.85. The van der Waals surface area contributed by atoms with E-state index in [1.54, 1.807) is 5.57 Å². The average Bonchev–Trinajstić information content (AvgIpc) is 1.95. The highest BCUT2D eigenvalue weighted by Crippen LogP contribution is 2.20. The topological polar surface area (TPSA) is 0 Å². The van der Waals surface area contributed by atoms with Crippen LogP contribution >= 0.6 is 0 Å². The van der Waals surface area contributed by atoms with Gasteiger partial charge in [-0.2, -0.15) is 0 Å². The van der Waals surface area contributed by atoms with Gasteiger partial charge in [0.2, 0.25) is 0 Å². The van der Waals surface area contributed by atoms with Gasteiger partial charge >= 0.3 is 0 Å². The minimum Gasteiger partial charge on any atom is -0.0850 e. The van der Waals surface area contributed by atoms with Gasteiger partial charge in [0.25, 0.3) is 0 Å². The van der Waals surface area contributed by atoms with Crippen molar-refractivity contribution in [3.63, 3.8) is 0 Å². The molecule has 0 heteroatoms. The van der Waals surface area contributed by atoms with Crippen molar-refractivity contribution in [2.45, 2.75) is 40.0 Å². The fourth-order valence-corrected chi connectivity index (χ4v) is 1.54. The maximum atomic E-state index is 2.39. The molecule has 11 heavy (non-hydrogen) atoms. The van der Waals surface area contributed by atoms with Crippen molar-refractivity contribution < 1.29 is 0 Å². The third kappa shape index (κ3) is 2.53. The zero-order valence-electron chi connectivity index (χ0n) is 7.85. The Morgan fingerprint density at radius 3 is 2.82 bits per heavy atom. The molecule has 1 rings (SSSR count). The summed E-state index contributed by atoms with van der Waals surface area (Å²) in [6.07, 6.45) is 8.65. The van der Waals surface area contributed by atoms with E-state index in [9.17, 15) is 0 Å². The van der Waals surface area contributed by atoms with E-state index in [-0.39, 0.29) is 0 Å². The first-order valence-electron chi connectivity index (χ1n) is 4.54. The molecule has 1 aliphatic rings. The molecule has 0 fully saturated rings. The summed E-state index contributed by atoms with van der Waals surface area (Å²) in [4.78, 5) is 0. The second-order valence-electron chi connectivity index (χ2n) is 3.64. The Labute approximate surface area is 70.0 Å². The summed E-state index contributed by atoms with van der Waals surface area (Å²) in [7, 11) is 0. The first-order valence-corrected chi connectivity index (χ1v) is 4.54. The molecule has 0 saturated heterocycles. The lowest BCUT2D eigenvalue weighted by Gasteiger charge is -2.12. The van der Waals surface area contributed by atoms with Gasteiger partial charge in [-0.05, 0) is 39.0 Å². The van der Waals surface area contributed by atoms with Crippen molar-refractivity contribution in [3.05, 3.63) is 23.3 Å². The molecule has 0 heterocycles. The molecule has 0 aromatic carbocycles. The van der Waals surface area contributed by atoms with E-state index in [1.807, 2.05) is 0 Å². The smallest absolute Gasteiger partial charge is 0.00519 e. The highest BCUT2D eigenvalue weighted by Gasteiger charge is 2.03. The van der Waals surface area contributed by atoms with Crippen molar-refractivity contribution in [1.82, 2.24) is 0 Å². The summed E-state index contributed by atoms with van der Waals surface area (Å²) < 4.78 is 0. The lowest BCUT2D eigenvalue weighted by Crippen LogP contribution is -1.96. The van der Waals surface area contributed by atoms with Crippen LogP contribution in [0, 0.1) is 5.92 Å². The van der Waals surface area contributed by atoms with E-state index in [1.165, 1.54) is 24.8 Å². The second kappa shape index (κ2) is 3.75. The van der Waals surface area contributed by atoms with Crippen molar-refractivity contribution in [2.24, 2.45) is 5.92 Å². The second-order valence-corrected chi connectivity index (χ2v) is 3.64. The van der Waals surface area contributed by atoms with Crippen molar-refractivity contribution in [2.75, 3.05) is 0 Å². The molecule has 1 aliphatic carbocycles. The predicted molar refractivity (Wildman–Crippen MR) is 50.5 cm³/mol. The lowest BCUT2D eigenvalue weighted by atomic mass is 9.94. The summed E-state index contributed by atoms with van der Waals surface area (Å²) in [6, 6.07) is 0. The third-order valence-corrected chi connectivity index (χ3v) is 2.49. The molecule has 0 saturated carbocycles. The van der Waals surface area contributed by atoms with Crippen molar-refractivity contribution in [1.29, 1.82) is 0 Å². The summed E-state index contributed by atoms with van der Waals surface area (Å²) >= 11 is 0. The highest BCUT2D eigenvalue weighted by atomic mass is 14.1. The molecule has 0 spiro atoms. The molecule has 1 unspecified atom stereocenters. The standard InChI is InChI=1S/C11H18/c1-9-6-4-5-7-10(2)11(3)8-9/h7-8,11H,4-6H2,1-3H3/b9-8-,10-7-. The number of hydrogen-bond acceptors (Lipinski definition) is 0. The number of allylic oxidation sites excluding steroid dienone is 4. The molecule has 1 atom stereocenters. The fourth-order valence-electron chi connectivity index (χ4n) is 1.54. The first-order chi connectivity index (χ1) is 5.20. The number of rotatable bonds is 0. The molecule has 0 aliphatic heterocycles. The Morgan fingerprint density at radius 2 is 2.09 bits per heavy atom. The number of hydrogen-bond donors (Lipinski definition) is 0. The Balaban J connectivity index is 2.72. The van der Waals surface area contributed by atoms with Crippen LogP contribution in [0.25, 0.3) is 0 Å². The maximum absolute atomic E-state index is 2.39. The van der Waals surface area contributed by atoms with Crippen LogP contribution in [0.1, 0.15) is 40.0 Å². The van der Waals surface area contributed by atoms with E-state index < -0.39 is 0 Å². The normalized spacial score (nSPS) is 36.1. The highest BCUT2D eigenvalue weighted by molar-refractivity contribution is 5.15. The molecule has 62 valence electrons. The van der Waals surface area contributed by atoms with Crippen LogP contribution < -0.4 is 0 Å². The van der Waals surface area contributed by atoms with Crippen molar-refractivity contribution in [3.8, 4) is 0 Å². The summed E-state index contributed by atoms with van der Waals surface area (Å²) in [5.74, 6) is 0.662. The lowest BCUT2D eigenvalue weighted by molar-refractivity contribution is 0.756. The van der Waals surface area contributed by atoms with Crippen molar-refractivity contribution >= 4 is 0 Å². The van der Waals surface area contributed by atoms with Gasteiger partial charge in [-0.15, -0.1) is 0 Å². The molecule has 0 N–H and O–H groups in total. The zero-order chi connectivity index (χ0) is 8.27. The molecule has 0 aromatic heterocycles. The summed E-state index contributed by atoms with van der Waals surface area (Å²) in [5.41, 5.74) is 3.09. The Bertz CT molecular complexity index is 184. The SMILES string of the molecule is C/C1=C/C(C)/C(C)=C\CCC1. The van der Waals surface area contributed by atoms with Gasteiger partial charge in [-0.3, -0.25) is 0 Å². The van der Waals surface area contributed by atoms with Crippen LogP contribution in [0.2, 0.25) is 0 Å². The molecule has 0 amide bonds. The molecule has 0 aromatic rings. The van der Waals surface area contributed by atoms with E-state index in [0.29, 0.717) is 5.92 Å². The minimum atomic E-state index is 0.662. The van der Waals surface area contributed by atoms with Crippen LogP contribution in [0.5, 0.6) is 0 Å².